The molecule has 9 heteroatoms. The molecule has 0 spiro atoms. The number of amides is 2. The van der Waals surface area contributed by atoms with Crippen LogP contribution >= 0.6 is 11.6 Å². The van der Waals surface area contributed by atoms with Gasteiger partial charge < -0.3 is 20.8 Å². The minimum atomic E-state index is -1.58. The lowest BCUT2D eigenvalue weighted by Gasteiger charge is -2.13. The van der Waals surface area contributed by atoms with E-state index in [0.29, 0.717) is 0 Å². The van der Waals surface area contributed by atoms with E-state index in [0.717, 1.165) is 12.1 Å². The molecule has 0 radical (unpaired) electrons. The van der Waals surface area contributed by atoms with Crippen LogP contribution in [0.2, 0.25) is 5.02 Å². The molecule has 1 rings (SSSR count). The Morgan fingerprint density at radius 1 is 1.30 bits per heavy atom. The number of carbonyl (C=O) groups excluding carboxylic acids is 1. The summed E-state index contributed by atoms with van der Waals surface area (Å²) in [5.41, 5.74) is 0.133. The first-order chi connectivity index (χ1) is 9.29. The molecule has 0 aliphatic carbocycles. The second kappa shape index (κ2) is 6.71. The topological polar surface area (TPSA) is 116 Å². The number of urea groups is 1. The summed E-state index contributed by atoms with van der Waals surface area (Å²) in [7, 11) is 0. The first kappa shape index (κ1) is 15.7. The van der Waals surface area contributed by atoms with Gasteiger partial charge in [-0.15, -0.1) is 0 Å². The zero-order valence-electron chi connectivity index (χ0n) is 9.89. The molecule has 0 saturated carbocycles. The molecule has 4 N–H and O–H groups in total. The van der Waals surface area contributed by atoms with Crippen LogP contribution in [0.1, 0.15) is 6.42 Å². The van der Waals surface area contributed by atoms with Crippen molar-refractivity contribution in [3.05, 3.63) is 29.0 Å². The molecule has 0 aliphatic rings. The molecule has 2 amide bonds. The van der Waals surface area contributed by atoms with E-state index in [1.54, 1.807) is 0 Å². The van der Waals surface area contributed by atoms with Crippen molar-refractivity contribution in [1.29, 1.82) is 0 Å². The second-order valence-electron chi connectivity index (χ2n) is 3.72. The molecule has 0 aromatic heterocycles. The third kappa shape index (κ3) is 4.73. The van der Waals surface area contributed by atoms with Crippen molar-refractivity contribution < 1.29 is 29.0 Å². The van der Waals surface area contributed by atoms with Gasteiger partial charge in [0.25, 0.3) is 0 Å². The average Bonchev–Trinajstić information content (AvgIpc) is 2.32. The summed E-state index contributed by atoms with van der Waals surface area (Å²) < 4.78 is 12.9. The van der Waals surface area contributed by atoms with Crippen molar-refractivity contribution in [3.63, 3.8) is 0 Å². The van der Waals surface area contributed by atoms with Crippen molar-refractivity contribution in [2.75, 3.05) is 5.32 Å². The SMILES string of the molecule is O=C(O)C[C@H](NC(=O)Nc1ccc(F)c(Cl)c1)C(=O)O. The molecule has 7 nitrogen and oxygen atoms in total. The Hall–Kier alpha value is -2.35. The number of anilines is 1. The summed E-state index contributed by atoms with van der Waals surface area (Å²) in [6.45, 7) is 0. The number of rotatable bonds is 5. The van der Waals surface area contributed by atoms with Crippen LogP contribution in [0.25, 0.3) is 0 Å². The lowest BCUT2D eigenvalue weighted by atomic mass is 10.2. The Labute approximate surface area is 117 Å². The van der Waals surface area contributed by atoms with Crippen molar-refractivity contribution >= 4 is 35.3 Å². The molecule has 0 fully saturated rings. The van der Waals surface area contributed by atoms with E-state index in [2.05, 4.69) is 5.32 Å². The lowest BCUT2D eigenvalue weighted by molar-refractivity contribution is -0.145. The Kier molecular flexibility index (Phi) is 5.27. The smallest absolute Gasteiger partial charge is 0.326 e. The minimum absolute atomic E-state index is 0.133. The predicted octanol–water partition coefficient (Wildman–Crippen LogP) is 1.53. The maximum atomic E-state index is 12.9. The molecule has 0 bridgehead atoms. The number of carboxylic acid groups (broad SMARTS) is 2. The molecule has 20 heavy (non-hydrogen) atoms. The number of carbonyl (C=O) groups is 3. The highest BCUT2D eigenvalue weighted by Gasteiger charge is 2.23. The minimum Gasteiger partial charge on any atom is -0.481 e. The molecule has 1 aromatic rings. The Morgan fingerprint density at radius 2 is 1.95 bits per heavy atom. The number of carboxylic acids is 2. The third-order valence-corrected chi connectivity index (χ3v) is 2.45. The second-order valence-corrected chi connectivity index (χ2v) is 4.12. The summed E-state index contributed by atoms with van der Waals surface area (Å²) in [4.78, 5) is 32.7. The first-order valence-electron chi connectivity index (χ1n) is 5.26. The van der Waals surface area contributed by atoms with E-state index in [-0.39, 0.29) is 10.7 Å². The number of aliphatic carboxylic acids is 2. The van der Waals surface area contributed by atoms with Gasteiger partial charge in [0, 0.05) is 5.69 Å². The van der Waals surface area contributed by atoms with Gasteiger partial charge in [-0.05, 0) is 18.2 Å². The molecule has 0 unspecified atom stereocenters. The van der Waals surface area contributed by atoms with Crippen molar-refractivity contribution in [2.45, 2.75) is 12.5 Å². The van der Waals surface area contributed by atoms with Gasteiger partial charge >= 0.3 is 18.0 Å². The molecule has 0 heterocycles. The molecule has 1 aromatic carbocycles. The van der Waals surface area contributed by atoms with Gasteiger partial charge in [0.15, 0.2) is 0 Å². The number of benzene rings is 1. The summed E-state index contributed by atoms with van der Waals surface area (Å²) in [6.07, 6.45) is -0.771. The van der Waals surface area contributed by atoms with Gasteiger partial charge in [0.2, 0.25) is 0 Å². The van der Waals surface area contributed by atoms with Gasteiger partial charge in [-0.1, -0.05) is 11.6 Å². The monoisotopic (exact) mass is 304 g/mol. The quantitative estimate of drug-likeness (QED) is 0.658. The van der Waals surface area contributed by atoms with E-state index in [9.17, 15) is 18.8 Å². The van der Waals surface area contributed by atoms with Crippen LogP contribution in [0, 0.1) is 5.82 Å². The standard InChI is InChI=1S/C11H10ClFN2O5/c12-6-3-5(1-2-7(6)13)14-11(20)15-8(10(18)19)4-9(16)17/h1-3,8H,4H2,(H,16,17)(H,18,19)(H2,14,15,20)/t8-/m0/s1. The Morgan fingerprint density at radius 3 is 2.45 bits per heavy atom. The summed E-state index contributed by atoms with van der Waals surface area (Å²) >= 11 is 5.50. The Bertz CT molecular complexity index is 552. The number of halogens is 2. The van der Waals surface area contributed by atoms with Gasteiger partial charge in [-0.3, -0.25) is 4.79 Å². The van der Waals surface area contributed by atoms with Crippen molar-refractivity contribution in [2.24, 2.45) is 0 Å². The van der Waals surface area contributed by atoms with Crippen molar-refractivity contribution in [1.82, 2.24) is 5.32 Å². The molecular weight excluding hydrogens is 295 g/mol. The fraction of sp³-hybridized carbons (Fsp3) is 0.182. The highest BCUT2D eigenvalue weighted by Crippen LogP contribution is 2.19. The highest BCUT2D eigenvalue weighted by molar-refractivity contribution is 6.31. The third-order valence-electron chi connectivity index (χ3n) is 2.16. The van der Waals surface area contributed by atoms with E-state index < -0.39 is 36.2 Å². The Balaban J connectivity index is 2.67. The van der Waals surface area contributed by atoms with Crippen LogP contribution in [0.3, 0.4) is 0 Å². The van der Waals surface area contributed by atoms with Gasteiger partial charge in [-0.2, -0.15) is 0 Å². The predicted molar refractivity (Wildman–Crippen MR) is 67.2 cm³/mol. The molecule has 0 saturated heterocycles. The summed E-state index contributed by atoms with van der Waals surface area (Å²) in [5, 5.41) is 21.2. The maximum Gasteiger partial charge on any atom is 0.326 e. The molecule has 108 valence electrons. The van der Waals surface area contributed by atoms with Crippen LogP contribution < -0.4 is 10.6 Å². The highest BCUT2D eigenvalue weighted by atomic mass is 35.5. The molecule has 1 atom stereocenters. The van der Waals surface area contributed by atoms with Gasteiger partial charge in [0.1, 0.15) is 11.9 Å². The van der Waals surface area contributed by atoms with E-state index >= 15 is 0 Å². The maximum absolute atomic E-state index is 12.9. The zero-order valence-corrected chi connectivity index (χ0v) is 10.6. The van der Waals surface area contributed by atoms with Crippen LogP contribution in [0.5, 0.6) is 0 Å². The summed E-state index contributed by atoms with van der Waals surface area (Å²) in [6, 6.07) is 0.839. The van der Waals surface area contributed by atoms with Crippen LogP contribution in [0.15, 0.2) is 18.2 Å². The average molecular weight is 305 g/mol. The zero-order chi connectivity index (χ0) is 15.3. The molecule has 0 aliphatic heterocycles. The fourth-order valence-corrected chi connectivity index (χ4v) is 1.45. The van der Waals surface area contributed by atoms with E-state index in [1.807, 2.05) is 5.32 Å². The molecular formula is C11H10ClFN2O5. The summed E-state index contributed by atoms with van der Waals surface area (Å²) in [5.74, 6) is -3.53. The van der Waals surface area contributed by atoms with Gasteiger partial charge in [-0.25, -0.2) is 14.0 Å². The van der Waals surface area contributed by atoms with Crippen LogP contribution in [-0.2, 0) is 9.59 Å². The fourth-order valence-electron chi connectivity index (χ4n) is 1.27. The first-order valence-corrected chi connectivity index (χ1v) is 5.64. The number of nitrogens with one attached hydrogen (secondary N) is 2. The van der Waals surface area contributed by atoms with Crippen LogP contribution in [-0.4, -0.2) is 34.2 Å². The lowest BCUT2D eigenvalue weighted by Crippen LogP contribution is -2.44. The van der Waals surface area contributed by atoms with Gasteiger partial charge in [0.05, 0.1) is 11.4 Å². The van der Waals surface area contributed by atoms with Crippen molar-refractivity contribution in [3.8, 4) is 0 Å². The van der Waals surface area contributed by atoms with E-state index in [4.69, 9.17) is 21.8 Å². The number of hydrogen-bond donors (Lipinski definition) is 4. The normalized spacial score (nSPS) is 11.5. The number of hydrogen-bond acceptors (Lipinski definition) is 3. The van der Waals surface area contributed by atoms with E-state index in [1.165, 1.54) is 6.07 Å². The van der Waals surface area contributed by atoms with Crippen LogP contribution in [0.4, 0.5) is 14.9 Å². The largest absolute Gasteiger partial charge is 0.481 e.